The van der Waals surface area contributed by atoms with Crippen LogP contribution in [0.3, 0.4) is 0 Å². The van der Waals surface area contributed by atoms with Gasteiger partial charge in [-0.25, -0.2) is 0 Å². The molecule has 1 nitrogen and oxygen atoms in total. The largest absolute Gasteiger partial charge is 0.384 e. The molecule has 0 saturated carbocycles. The number of halogens is 1. The molecule has 1 N–H and O–H groups in total. The van der Waals surface area contributed by atoms with Gasteiger partial charge in [-0.3, -0.25) is 0 Å². The molecule has 0 atom stereocenters. The second-order valence-electron chi connectivity index (χ2n) is 4.97. The normalized spacial score (nSPS) is 13.3. The summed E-state index contributed by atoms with van der Waals surface area (Å²) in [4.78, 5) is 0. The van der Waals surface area contributed by atoms with E-state index in [2.05, 4.69) is 49.5 Å². The number of fused-ring (bicyclic) bond motifs is 1. The Hall–Kier alpha value is -1.47. The lowest BCUT2D eigenvalue weighted by Crippen LogP contribution is -1.90. The van der Waals surface area contributed by atoms with Gasteiger partial charge in [0.05, 0.1) is 0 Å². The van der Waals surface area contributed by atoms with E-state index in [4.69, 9.17) is 11.6 Å². The zero-order valence-corrected chi connectivity index (χ0v) is 11.4. The highest BCUT2D eigenvalue weighted by atomic mass is 35.5. The van der Waals surface area contributed by atoms with Crippen LogP contribution in [-0.2, 0) is 6.42 Å². The molecule has 0 aromatic heterocycles. The molecule has 0 aliphatic carbocycles. The summed E-state index contributed by atoms with van der Waals surface area (Å²) in [6, 6.07) is 10.8. The minimum Gasteiger partial charge on any atom is -0.384 e. The minimum atomic E-state index is 0.837. The molecule has 1 heterocycles. The first-order chi connectivity index (χ1) is 8.65. The number of hydrogen-bond acceptors (Lipinski definition) is 1. The molecule has 2 aromatic rings. The maximum atomic E-state index is 6.37. The summed E-state index contributed by atoms with van der Waals surface area (Å²) in [6.07, 6.45) is 1.10. The summed E-state index contributed by atoms with van der Waals surface area (Å²) >= 11 is 6.37. The van der Waals surface area contributed by atoms with Crippen LogP contribution in [0, 0.1) is 13.8 Å². The van der Waals surface area contributed by atoms with Crippen molar-refractivity contribution in [1.29, 1.82) is 0 Å². The van der Waals surface area contributed by atoms with Gasteiger partial charge in [0.15, 0.2) is 0 Å². The maximum absolute atomic E-state index is 6.37. The number of anilines is 1. The smallest absolute Gasteiger partial charge is 0.0487 e. The van der Waals surface area contributed by atoms with Crippen LogP contribution in [0.5, 0.6) is 0 Å². The number of nitrogens with one attached hydrogen (secondary N) is 1. The molecule has 92 valence electrons. The molecule has 0 bridgehead atoms. The van der Waals surface area contributed by atoms with Crippen LogP contribution in [0.2, 0.25) is 5.02 Å². The Labute approximate surface area is 113 Å². The fraction of sp³-hybridized carbons (Fsp3) is 0.250. The number of hydrogen-bond donors (Lipinski definition) is 1. The predicted molar refractivity (Wildman–Crippen MR) is 78.6 cm³/mol. The van der Waals surface area contributed by atoms with Crippen LogP contribution >= 0.6 is 11.6 Å². The van der Waals surface area contributed by atoms with E-state index in [1.807, 2.05) is 0 Å². The third kappa shape index (κ3) is 1.89. The van der Waals surface area contributed by atoms with Crippen molar-refractivity contribution in [2.24, 2.45) is 0 Å². The first-order valence-corrected chi connectivity index (χ1v) is 6.67. The van der Waals surface area contributed by atoms with E-state index in [9.17, 15) is 0 Å². The van der Waals surface area contributed by atoms with E-state index < -0.39 is 0 Å². The molecule has 0 radical (unpaired) electrons. The van der Waals surface area contributed by atoms with Crippen molar-refractivity contribution in [1.82, 2.24) is 0 Å². The van der Waals surface area contributed by atoms with E-state index in [1.165, 1.54) is 27.9 Å². The monoisotopic (exact) mass is 257 g/mol. The van der Waals surface area contributed by atoms with Crippen LogP contribution in [0.1, 0.15) is 16.7 Å². The minimum absolute atomic E-state index is 0.837. The van der Waals surface area contributed by atoms with Gasteiger partial charge in [0.1, 0.15) is 0 Å². The Morgan fingerprint density at radius 3 is 2.67 bits per heavy atom. The molecule has 18 heavy (non-hydrogen) atoms. The quantitative estimate of drug-likeness (QED) is 0.788. The van der Waals surface area contributed by atoms with Crippen molar-refractivity contribution >= 4 is 17.3 Å². The molecule has 2 heteroatoms. The lowest BCUT2D eigenvalue weighted by molar-refractivity contribution is 1.11. The molecule has 1 aliphatic rings. The standard InChI is InChI=1S/C16H16ClN/c1-10-7-14(15(17)8-11(10)2)12-3-4-16-13(9-12)5-6-18-16/h3-4,7-9,18H,5-6H2,1-2H3. The predicted octanol–water partition coefficient (Wildman–Crippen LogP) is 4.59. The average Bonchev–Trinajstić information content (AvgIpc) is 2.80. The Kier molecular flexibility index (Phi) is 2.79. The summed E-state index contributed by atoms with van der Waals surface area (Å²) in [5, 5.41) is 4.22. The third-order valence-corrected chi connectivity index (χ3v) is 4.02. The van der Waals surface area contributed by atoms with E-state index in [0.717, 1.165) is 23.6 Å². The van der Waals surface area contributed by atoms with Crippen molar-refractivity contribution in [3.63, 3.8) is 0 Å². The summed E-state index contributed by atoms with van der Waals surface area (Å²) < 4.78 is 0. The van der Waals surface area contributed by atoms with E-state index in [0.29, 0.717) is 0 Å². The summed E-state index contributed by atoms with van der Waals surface area (Å²) in [7, 11) is 0. The van der Waals surface area contributed by atoms with E-state index >= 15 is 0 Å². The van der Waals surface area contributed by atoms with Crippen molar-refractivity contribution in [3.05, 3.63) is 52.0 Å². The number of aryl methyl sites for hydroxylation is 2. The first-order valence-electron chi connectivity index (χ1n) is 6.29. The van der Waals surface area contributed by atoms with Gasteiger partial charge in [0.25, 0.3) is 0 Å². The topological polar surface area (TPSA) is 12.0 Å². The van der Waals surface area contributed by atoms with Gasteiger partial charge in [0.2, 0.25) is 0 Å². The number of benzene rings is 2. The molecule has 0 unspecified atom stereocenters. The highest BCUT2D eigenvalue weighted by Crippen LogP contribution is 2.34. The fourth-order valence-corrected chi connectivity index (χ4v) is 2.80. The summed E-state index contributed by atoms with van der Waals surface area (Å²) in [5.41, 5.74) is 7.53. The Balaban J connectivity index is 2.12. The molecule has 0 saturated heterocycles. The van der Waals surface area contributed by atoms with E-state index in [-0.39, 0.29) is 0 Å². The maximum Gasteiger partial charge on any atom is 0.0487 e. The third-order valence-electron chi connectivity index (χ3n) is 3.71. The van der Waals surface area contributed by atoms with Gasteiger partial charge >= 0.3 is 0 Å². The Morgan fingerprint density at radius 2 is 1.83 bits per heavy atom. The molecule has 2 aromatic carbocycles. The summed E-state index contributed by atoms with van der Waals surface area (Å²) in [5.74, 6) is 0. The molecule has 0 spiro atoms. The van der Waals surface area contributed by atoms with Crippen molar-refractivity contribution < 1.29 is 0 Å². The highest BCUT2D eigenvalue weighted by molar-refractivity contribution is 6.33. The van der Waals surface area contributed by atoms with E-state index in [1.54, 1.807) is 0 Å². The molecule has 0 fully saturated rings. The van der Waals surface area contributed by atoms with Crippen LogP contribution in [0.25, 0.3) is 11.1 Å². The zero-order chi connectivity index (χ0) is 12.7. The zero-order valence-electron chi connectivity index (χ0n) is 10.7. The van der Waals surface area contributed by atoms with Crippen molar-refractivity contribution in [2.75, 3.05) is 11.9 Å². The van der Waals surface area contributed by atoms with Gasteiger partial charge in [-0.05, 0) is 66.8 Å². The molecule has 0 amide bonds. The summed E-state index contributed by atoms with van der Waals surface area (Å²) in [6.45, 7) is 5.27. The van der Waals surface area contributed by atoms with Crippen molar-refractivity contribution in [3.8, 4) is 11.1 Å². The lowest BCUT2D eigenvalue weighted by Gasteiger charge is -2.10. The molecular weight excluding hydrogens is 242 g/mol. The van der Waals surface area contributed by atoms with Gasteiger partial charge in [-0.15, -0.1) is 0 Å². The van der Waals surface area contributed by atoms with Gasteiger partial charge in [0, 0.05) is 22.8 Å². The Bertz CT molecular complexity index is 617. The van der Waals surface area contributed by atoms with Gasteiger partial charge in [-0.1, -0.05) is 17.7 Å². The SMILES string of the molecule is Cc1cc(Cl)c(-c2ccc3c(c2)CCN3)cc1C. The first kappa shape index (κ1) is 11.6. The highest BCUT2D eigenvalue weighted by Gasteiger charge is 2.12. The molecular formula is C16H16ClN. The fourth-order valence-electron chi connectivity index (χ4n) is 2.47. The molecule has 3 rings (SSSR count). The lowest BCUT2D eigenvalue weighted by atomic mass is 9.98. The van der Waals surface area contributed by atoms with Crippen LogP contribution in [0.4, 0.5) is 5.69 Å². The molecule has 1 aliphatic heterocycles. The van der Waals surface area contributed by atoms with Gasteiger partial charge < -0.3 is 5.32 Å². The second kappa shape index (κ2) is 4.33. The van der Waals surface area contributed by atoms with Crippen LogP contribution < -0.4 is 5.32 Å². The van der Waals surface area contributed by atoms with Gasteiger partial charge in [-0.2, -0.15) is 0 Å². The number of rotatable bonds is 1. The Morgan fingerprint density at radius 1 is 1.06 bits per heavy atom. The van der Waals surface area contributed by atoms with Crippen molar-refractivity contribution in [2.45, 2.75) is 20.3 Å². The van der Waals surface area contributed by atoms with Crippen LogP contribution in [-0.4, -0.2) is 6.54 Å². The second-order valence-corrected chi connectivity index (χ2v) is 5.37. The van der Waals surface area contributed by atoms with Crippen LogP contribution in [0.15, 0.2) is 30.3 Å². The average molecular weight is 258 g/mol.